The van der Waals surface area contributed by atoms with Gasteiger partial charge in [0.15, 0.2) is 11.5 Å². The lowest BCUT2D eigenvalue weighted by Crippen LogP contribution is -2.52. The van der Waals surface area contributed by atoms with Crippen molar-refractivity contribution in [2.75, 3.05) is 26.5 Å². The molecule has 40 heavy (non-hydrogen) atoms. The molecule has 2 saturated heterocycles. The topological polar surface area (TPSA) is 85.4 Å². The quantitative estimate of drug-likeness (QED) is 0.466. The number of hydrogen-bond donors (Lipinski definition) is 0. The summed E-state index contributed by atoms with van der Waals surface area (Å²) in [5.41, 5.74) is 1.98. The van der Waals surface area contributed by atoms with E-state index in [1.54, 1.807) is 11.8 Å². The number of hydrogen-bond acceptors (Lipinski definition) is 6. The zero-order chi connectivity index (χ0) is 27.7. The summed E-state index contributed by atoms with van der Waals surface area (Å²) >= 11 is 0. The molecule has 1 aliphatic carbocycles. The molecule has 2 fully saturated rings. The molecule has 0 unspecified atom stereocenters. The highest BCUT2D eigenvalue weighted by molar-refractivity contribution is 5.92. The Bertz CT molecular complexity index is 1320. The van der Waals surface area contributed by atoms with Crippen LogP contribution >= 0.6 is 0 Å². The van der Waals surface area contributed by atoms with Crippen molar-refractivity contribution in [1.82, 2.24) is 9.80 Å². The van der Waals surface area contributed by atoms with Gasteiger partial charge in [-0.25, -0.2) is 0 Å². The predicted molar refractivity (Wildman–Crippen MR) is 147 cm³/mol. The maximum Gasteiger partial charge on any atom is 0.318 e. The third kappa shape index (κ3) is 4.84. The van der Waals surface area contributed by atoms with Gasteiger partial charge in [-0.2, -0.15) is 0 Å². The summed E-state index contributed by atoms with van der Waals surface area (Å²) in [6.45, 7) is 3.87. The second-order valence-electron chi connectivity index (χ2n) is 11.2. The van der Waals surface area contributed by atoms with E-state index in [1.807, 2.05) is 35.2 Å². The van der Waals surface area contributed by atoms with Crippen LogP contribution in [0.3, 0.4) is 0 Å². The third-order valence-electron chi connectivity index (χ3n) is 8.88. The zero-order valence-corrected chi connectivity index (χ0v) is 23.0. The minimum absolute atomic E-state index is 0.0164. The van der Waals surface area contributed by atoms with Crippen molar-refractivity contribution < 1.29 is 28.6 Å². The minimum Gasteiger partial charge on any atom is -0.465 e. The van der Waals surface area contributed by atoms with Crippen LogP contribution in [0.1, 0.15) is 62.5 Å². The van der Waals surface area contributed by atoms with E-state index < -0.39 is 11.3 Å². The van der Waals surface area contributed by atoms with Gasteiger partial charge in [0.25, 0.3) is 0 Å². The summed E-state index contributed by atoms with van der Waals surface area (Å²) in [6.07, 6.45) is 5.48. The summed E-state index contributed by atoms with van der Waals surface area (Å²) in [5, 5.41) is 0. The van der Waals surface area contributed by atoms with Gasteiger partial charge in [0, 0.05) is 31.1 Å². The van der Waals surface area contributed by atoms with Crippen molar-refractivity contribution in [1.29, 1.82) is 0 Å². The first-order valence-electron chi connectivity index (χ1n) is 14.4. The van der Waals surface area contributed by atoms with Crippen molar-refractivity contribution in [3.8, 4) is 11.5 Å². The molecule has 0 saturated carbocycles. The molecule has 0 spiro atoms. The van der Waals surface area contributed by atoms with Gasteiger partial charge in [0.05, 0.1) is 13.2 Å². The highest BCUT2D eigenvalue weighted by Gasteiger charge is 2.55. The van der Waals surface area contributed by atoms with Crippen molar-refractivity contribution >= 4 is 17.8 Å². The number of carbonyl (C=O) groups is 3. The smallest absolute Gasteiger partial charge is 0.318 e. The number of esters is 1. The minimum atomic E-state index is -0.911. The lowest BCUT2D eigenvalue weighted by Gasteiger charge is -2.44. The van der Waals surface area contributed by atoms with Gasteiger partial charge >= 0.3 is 5.97 Å². The molecule has 3 aliphatic heterocycles. The summed E-state index contributed by atoms with van der Waals surface area (Å²) in [6, 6.07) is 16.1. The van der Waals surface area contributed by atoms with E-state index in [9.17, 15) is 14.4 Å². The van der Waals surface area contributed by atoms with Gasteiger partial charge in [-0.05, 0) is 68.2 Å². The first kappa shape index (κ1) is 26.4. The van der Waals surface area contributed by atoms with Crippen LogP contribution in [0, 0.1) is 11.3 Å². The van der Waals surface area contributed by atoms with Crippen molar-refractivity contribution in [3.05, 3.63) is 71.4 Å². The Morgan fingerprint density at radius 1 is 1.05 bits per heavy atom. The summed E-state index contributed by atoms with van der Waals surface area (Å²) in [7, 11) is 0. The fourth-order valence-corrected chi connectivity index (χ4v) is 6.83. The van der Waals surface area contributed by atoms with Crippen LogP contribution in [-0.2, 0) is 25.7 Å². The maximum absolute atomic E-state index is 14.0. The fourth-order valence-electron chi connectivity index (χ4n) is 6.83. The largest absolute Gasteiger partial charge is 0.465 e. The number of ether oxygens (including phenoxy) is 3. The van der Waals surface area contributed by atoms with E-state index in [-0.39, 0.29) is 44.1 Å². The molecule has 2 amide bonds. The van der Waals surface area contributed by atoms with Gasteiger partial charge in [-0.15, -0.1) is 0 Å². The Kier molecular flexibility index (Phi) is 7.26. The van der Waals surface area contributed by atoms with Crippen LogP contribution in [-0.4, -0.2) is 54.1 Å². The van der Waals surface area contributed by atoms with E-state index in [4.69, 9.17) is 14.2 Å². The normalized spacial score (nSPS) is 24.1. The number of piperidine rings is 2. The first-order chi connectivity index (χ1) is 19.5. The molecule has 4 aliphatic rings. The van der Waals surface area contributed by atoms with Crippen LogP contribution < -0.4 is 9.47 Å². The second kappa shape index (κ2) is 11.0. The van der Waals surface area contributed by atoms with Crippen molar-refractivity contribution in [2.45, 2.75) is 57.9 Å². The van der Waals surface area contributed by atoms with Gasteiger partial charge in [0.2, 0.25) is 18.6 Å². The molecule has 8 heteroatoms. The average Bonchev–Trinajstić information content (AvgIpc) is 3.63. The number of allylic oxidation sites excluding steroid dienone is 1. The lowest BCUT2D eigenvalue weighted by atomic mass is 9.71. The van der Waals surface area contributed by atoms with Crippen molar-refractivity contribution in [2.24, 2.45) is 11.3 Å². The number of carbonyl (C=O) groups excluding carboxylic acids is 3. The SMILES string of the molecule is CCOC(=O)[C@]12CCC=C1N(Cc1ccc3c(c1)OCO3)C(=O)[C@H](CC(=O)N1CCC(c3ccccc3)CC1)C2. The molecular weight excluding hydrogens is 508 g/mol. The first-order valence-corrected chi connectivity index (χ1v) is 14.4. The predicted octanol–water partition coefficient (Wildman–Crippen LogP) is 4.79. The molecule has 8 nitrogen and oxygen atoms in total. The van der Waals surface area contributed by atoms with Gasteiger partial charge in [0.1, 0.15) is 5.41 Å². The summed E-state index contributed by atoms with van der Waals surface area (Å²) in [4.78, 5) is 44.6. The maximum atomic E-state index is 14.0. The molecule has 0 N–H and O–H groups in total. The third-order valence-corrected chi connectivity index (χ3v) is 8.88. The Morgan fingerprint density at radius 3 is 2.60 bits per heavy atom. The second-order valence-corrected chi connectivity index (χ2v) is 11.2. The highest BCUT2D eigenvalue weighted by atomic mass is 16.7. The van der Waals surface area contributed by atoms with Crippen LogP contribution in [0.5, 0.6) is 11.5 Å². The van der Waals surface area contributed by atoms with Crippen LogP contribution in [0.25, 0.3) is 0 Å². The Hall–Kier alpha value is -3.81. The number of amides is 2. The molecule has 2 aromatic rings. The molecule has 210 valence electrons. The van der Waals surface area contributed by atoms with E-state index in [1.165, 1.54) is 5.56 Å². The molecule has 0 aromatic heterocycles. The van der Waals surface area contributed by atoms with E-state index in [0.29, 0.717) is 55.5 Å². The molecule has 3 heterocycles. The molecule has 6 rings (SSSR count). The van der Waals surface area contributed by atoms with Crippen LogP contribution in [0.4, 0.5) is 0 Å². The molecule has 0 radical (unpaired) electrons. The van der Waals surface area contributed by atoms with Crippen LogP contribution in [0.15, 0.2) is 60.3 Å². The zero-order valence-electron chi connectivity index (χ0n) is 23.0. The van der Waals surface area contributed by atoms with Crippen LogP contribution in [0.2, 0.25) is 0 Å². The number of fused-ring (bicyclic) bond motifs is 2. The average molecular weight is 545 g/mol. The lowest BCUT2D eigenvalue weighted by molar-refractivity contribution is -0.161. The number of benzene rings is 2. The molecular formula is C32H36N2O6. The number of nitrogens with zero attached hydrogens (tertiary/aromatic N) is 2. The molecule has 2 aromatic carbocycles. The summed E-state index contributed by atoms with van der Waals surface area (Å²) < 4.78 is 16.5. The Balaban J connectivity index is 1.21. The Morgan fingerprint density at radius 2 is 1.82 bits per heavy atom. The summed E-state index contributed by atoms with van der Waals surface area (Å²) in [5.74, 6) is 0.738. The van der Waals surface area contributed by atoms with E-state index in [2.05, 4.69) is 24.3 Å². The van der Waals surface area contributed by atoms with Gasteiger partial charge in [-0.1, -0.05) is 42.5 Å². The molecule has 0 bridgehead atoms. The Labute approximate surface area is 234 Å². The number of likely N-dealkylation sites (tertiary alicyclic amines) is 2. The van der Waals surface area contributed by atoms with E-state index >= 15 is 0 Å². The highest BCUT2D eigenvalue weighted by Crippen LogP contribution is 2.52. The molecule has 2 atom stereocenters. The van der Waals surface area contributed by atoms with Gasteiger partial charge < -0.3 is 24.0 Å². The van der Waals surface area contributed by atoms with E-state index in [0.717, 1.165) is 18.4 Å². The fraction of sp³-hybridized carbons (Fsp3) is 0.469. The number of rotatable bonds is 7. The monoisotopic (exact) mass is 544 g/mol. The van der Waals surface area contributed by atoms with Gasteiger partial charge in [-0.3, -0.25) is 14.4 Å². The van der Waals surface area contributed by atoms with Crippen molar-refractivity contribution in [3.63, 3.8) is 0 Å². The standard InChI is InChI=1S/C32H36N2O6/c1-2-38-31(37)32-14-6-9-28(32)34(20-22-10-11-26-27(17-22)40-21-39-26)30(36)25(19-32)18-29(35)33-15-12-24(13-16-33)23-7-4-3-5-8-23/h3-5,7-11,17,24-25H,2,6,12-16,18-21H2,1H3/t25-,32+/m1/s1.